The third-order valence-electron chi connectivity index (χ3n) is 3.40. The van der Waals surface area contributed by atoms with Crippen molar-refractivity contribution in [3.63, 3.8) is 0 Å². The molecule has 0 heterocycles. The summed E-state index contributed by atoms with van der Waals surface area (Å²) in [6, 6.07) is 3.76. The Hall–Kier alpha value is -0.440. The second kappa shape index (κ2) is 8.11. The lowest BCUT2D eigenvalue weighted by Crippen LogP contribution is -2.26. The highest BCUT2D eigenvalue weighted by Crippen LogP contribution is 2.38. The minimum Gasteiger partial charge on any atom is -0.492 e. The zero-order valence-corrected chi connectivity index (χ0v) is 14.4. The molecule has 0 fully saturated rings. The number of benzene rings is 1. The average Bonchev–Trinajstić information content (AvgIpc) is 2.39. The largest absolute Gasteiger partial charge is 0.492 e. The van der Waals surface area contributed by atoms with Gasteiger partial charge in [0, 0.05) is 11.1 Å². The van der Waals surface area contributed by atoms with Crippen LogP contribution in [0.15, 0.2) is 12.1 Å². The molecule has 0 atom stereocenters. The molecule has 1 rings (SSSR count). The molecule has 0 bridgehead atoms. The quantitative estimate of drug-likeness (QED) is 0.677. The first-order valence-corrected chi connectivity index (χ1v) is 8.01. The van der Waals surface area contributed by atoms with Crippen molar-refractivity contribution in [2.75, 3.05) is 19.7 Å². The molecule has 1 aromatic rings. The number of rotatable bonds is 8. The molecule has 0 spiro atoms. The van der Waals surface area contributed by atoms with E-state index in [9.17, 15) is 0 Å². The molecule has 114 valence electrons. The van der Waals surface area contributed by atoms with Crippen molar-refractivity contribution < 1.29 is 4.74 Å². The molecule has 0 aliphatic rings. The zero-order chi connectivity index (χ0) is 15.2. The summed E-state index contributed by atoms with van der Waals surface area (Å²) in [4.78, 5) is 0. The van der Waals surface area contributed by atoms with Crippen molar-refractivity contribution in [2.24, 2.45) is 0 Å². The van der Waals surface area contributed by atoms with Gasteiger partial charge >= 0.3 is 0 Å². The van der Waals surface area contributed by atoms with Crippen LogP contribution in [0.2, 0.25) is 10.0 Å². The summed E-state index contributed by atoms with van der Waals surface area (Å²) in [5.74, 6) is 0.655. The minimum atomic E-state index is -0.0216. The van der Waals surface area contributed by atoms with Crippen LogP contribution in [0.5, 0.6) is 5.75 Å². The Balaban J connectivity index is 2.85. The van der Waals surface area contributed by atoms with E-state index in [0.29, 0.717) is 17.4 Å². The van der Waals surface area contributed by atoms with Crippen molar-refractivity contribution in [1.29, 1.82) is 0 Å². The topological polar surface area (TPSA) is 21.3 Å². The van der Waals surface area contributed by atoms with Crippen molar-refractivity contribution in [3.8, 4) is 5.75 Å². The van der Waals surface area contributed by atoms with Crippen LogP contribution in [0, 0.1) is 0 Å². The Morgan fingerprint density at radius 3 is 2.40 bits per heavy atom. The average molecular weight is 318 g/mol. The summed E-state index contributed by atoms with van der Waals surface area (Å²) in [7, 11) is 0. The molecule has 4 heteroatoms. The maximum atomic E-state index is 6.40. The Morgan fingerprint density at radius 1 is 1.10 bits per heavy atom. The lowest BCUT2D eigenvalue weighted by atomic mass is 9.81. The standard InChI is InChI=1S/C16H25Cl2NO/c1-5-8-19-9-7-16(3,4)12-10-14(18)15(20-6-2)11-13(12)17/h10-11,19H,5-9H2,1-4H3. The van der Waals surface area contributed by atoms with Crippen LogP contribution in [0.1, 0.15) is 46.1 Å². The van der Waals surface area contributed by atoms with Crippen molar-refractivity contribution >= 4 is 23.2 Å². The van der Waals surface area contributed by atoms with Crippen LogP contribution in [0.25, 0.3) is 0 Å². The van der Waals surface area contributed by atoms with Gasteiger partial charge in [-0.2, -0.15) is 0 Å². The molecular weight excluding hydrogens is 293 g/mol. The predicted octanol–water partition coefficient (Wildman–Crippen LogP) is 5.06. The third kappa shape index (κ3) is 4.83. The molecule has 2 nitrogen and oxygen atoms in total. The molecule has 0 aliphatic carbocycles. The highest BCUT2D eigenvalue weighted by Gasteiger charge is 2.24. The number of ether oxygens (including phenoxy) is 1. The summed E-state index contributed by atoms with van der Waals surface area (Å²) in [5.41, 5.74) is 1.05. The molecule has 0 aromatic heterocycles. The Morgan fingerprint density at radius 2 is 1.80 bits per heavy atom. The molecule has 0 unspecified atom stereocenters. The van der Waals surface area contributed by atoms with Crippen LogP contribution in [0.4, 0.5) is 0 Å². The van der Waals surface area contributed by atoms with Crippen LogP contribution >= 0.6 is 23.2 Å². The fourth-order valence-corrected chi connectivity index (χ4v) is 2.78. The predicted molar refractivity (Wildman–Crippen MR) is 88.4 cm³/mol. The number of nitrogens with one attached hydrogen (secondary N) is 1. The molecule has 20 heavy (non-hydrogen) atoms. The Labute approximate surface area is 132 Å². The van der Waals surface area contributed by atoms with Gasteiger partial charge in [-0.25, -0.2) is 0 Å². The second-order valence-electron chi connectivity index (χ2n) is 5.58. The SMILES string of the molecule is CCCNCCC(C)(C)c1cc(Cl)c(OCC)cc1Cl. The van der Waals surface area contributed by atoms with E-state index < -0.39 is 0 Å². The minimum absolute atomic E-state index is 0.0216. The summed E-state index contributed by atoms with van der Waals surface area (Å²) in [5, 5.41) is 4.77. The van der Waals surface area contributed by atoms with Gasteiger partial charge in [0.2, 0.25) is 0 Å². The van der Waals surface area contributed by atoms with Gasteiger partial charge in [0.05, 0.1) is 11.6 Å². The molecule has 0 aliphatic heterocycles. The van der Waals surface area contributed by atoms with Crippen LogP contribution < -0.4 is 10.1 Å². The van der Waals surface area contributed by atoms with Gasteiger partial charge in [0.25, 0.3) is 0 Å². The molecule has 1 N–H and O–H groups in total. The molecule has 0 radical (unpaired) electrons. The zero-order valence-electron chi connectivity index (χ0n) is 12.9. The molecule has 0 amide bonds. The highest BCUT2D eigenvalue weighted by molar-refractivity contribution is 6.34. The van der Waals surface area contributed by atoms with Crippen LogP contribution in [-0.4, -0.2) is 19.7 Å². The maximum absolute atomic E-state index is 6.40. The van der Waals surface area contributed by atoms with Gasteiger partial charge in [0.1, 0.15) is 5.75 Å². The first-order chi connectivity index (χ1) is 9.42. The maximum Gasteiger partial charge on any atom is 0.139 e. The second-order valence-corrected chi connectivity index (χ2v) is 6.39. The summed E-state index contributed by atoms with van der Waals surface area (Å²) in [6.45, 7) is 11.1. The van der Waals surface area contributed by atoms with E-state index in [4.69, 9.17) is 27.9 Å². The third-order valence-corrected chi connectivity index (χ3v) is 4.01. The highest BCUT2D eigenvalue weighted by atomic mass is 35.5. The molecule has 0 saturated carbocycles. The normalized spacial score (nSPS) is 11.7. The summed E-state index contributed by atoms with van der Waals surface area (Å²) >= 11 is 12.7. The molecule has 1 aromatic carbocycles. The Kier molecular flexibility index (Phi) is 7.14. The van der Waals surface area contributed by atoms with Gasteiger partial charge in [0.15, 0.2) is 0 Å². The van der Waals surface area contributed by atoms with Gasteiger partial charge in [-0.15, -0.1) is 0 Å². The van der Waals surface area contributed by atoms with E-state index in [-0.39, 0.29) is 5.41 Å². The first kappa shape index (κ1) is 17.6. The smallest absolute Gasteiger partial charge is 0.139 e. The summed E-state index contributed by atoms with van der Waals surface area (Å²) in [6.07, 6.45) is 2.16. The fraction of sp³-hybridized carbons (Fsp3) is 0.625. The lowest BCUT2D eigenvalue weighted by Gasteiger charge is -2.27. The van der Waals surface area contributed by atoms with Gasteiger partial charge in [-0.1, -0.05) is 44.0 Å². The number of hydrogen-bond acceptors (Lipinski definition) is 2. The number of hydrogen-bond donors (Lipinski definition) is 1. The van der Waals surface area contributed by atoms with E-state index >= 15 is 0 Å². The first-order valence-electron chi connectivity index (χ1n) is 7.25. The van der Waals surface area contributed by atoms with Crippen LogP contribution in [0.3, 0.4) is 0 Å². The molecule has 0 saturated heterocycles. The van der Waals surface area contributed by atoms with Crippen molar-refractivity contribution in [1.82, 2.24) is 5.32 Å². The number of halogens is 2. The van der Waals surface area contributed by atoms with E-state index in [0.717, 1.165) is 36.5 Å². The van der Waals surface area contributed by atoms with Gasteiger partial charge in [-0.3, -0.25) is 0 Å². The Bertz CT molecular complexity index is 433. The van der Waals surface area contributed by atoms with E-state index in [1.807, 2.05) is 19.1 Å². The lowest BCUT2D eigenvalue weighted by molar-refractivity contribution is 0.340. The van der Waals surface area contributed by atoms with Gasteiger partial charge < -0.3 is 10.1 Å². The van der Waals surface area contributed by atoms with Crippen LogP contribution in [-0.2, 0) is 5.41 Å². The van der Waals surface area contributed by atoms with Gasteiger partial charge in [-0.05, 0) is 49.9 Å². The van der Waals surface area contributed by atoms with E-state index in [1.165, 1.54) is 0 Å². The monoisotopic (exact) mass is 317 g/mol. The van der Waals surface area contributed by atoms with Crippen molar-refractivity contribution in [3.05, 3.63) is 27.7 Å². The fourth-order valence-electron chi connectivity index (χ4n) is 2.15. The van der Waals surface area contributed by atoms with E-state index in [2.05, 4.69) is 26.1 Å². The molecular formula is C16H25Cl2NO. The van der Waals surface area contributed by atoms with E-state index in [1.54, 1.807) is 0 Å². The van der Waals surface area contributed by atoms with Crippen molar-refractivity contribution in [2.45, 2.75) is 46.0 Å². The summed E-state index contributed by atoms with van der Waals surface area (Å²) < 4.78 is 5.47.